The van der Waals surface area contributed by atoms with Crippen LogP contribution >= 0.6 is 0 Å². The van der Waals surface area contributed by atoms with E-state index in [0.29, 0.717) is 0 Å². The van der Waals surface area contributed by atoms with Crippen LogP contribution in [-0.2, 0) is 5.41 Å². The molecular weight excluding hydrogens is 595 g/mol. The Balaban J connectivity index is 1.22. The summed E-state index contributed by atoms with van der Waals surface area (Å²) < 4.78 is 11.8. The van der Waals surface area contributed by atoms with Crippen LogP contribution in [0.2, 0.25) is 0 Å². The van der Waals surface area contributed by atoms with E-state index in [1.165, 1.54) is 76.8 Å². The summed E-state index contributed by atoms with van der Waals surface area (Å²) in [6, 6.07) is 55.4. The summed E-state index contributed by atoms with van der Waals surface area (Å²) in [4.78, 5) is 0. The van der Waals surface area contributed by atoms with Gasteiger partial charge in [0.15, 0.2) is 0 Å². The molecule has 0 N–H and O–H groups in total. The molecule has 2 aromatic heterocycles. The maximum absolute atomic E-state index is 6.91. The van der Waals surface area contributed by atoms with Crippen LogP contribution < -0.4 is 21.1 Å². The van der Waals surface area contributed by atoms with Crippen molar-refractivity contribution in [1.29, 1.82) is 0 Å². The van der Waals surface area contributed by atoms with Crippen LogP contribution in [0.5, 0.6) is 11.5 Å². The molecule has 9 aromatic rings. The number of fused-ring (bicyclic) bond motifs is 10. The van der Waals surface area contributed by atoms with Crippen molar-refractivity contribution in [1.82, 2.24) is 9.13 Å². The van der Waals surface area contributed by atoms with Gasteiger partial charge in [0.2, 0.25) is 0 Å². The monoisotopic (exact) mass is 626 g/mol. The van der Waals surface area contributed by atoms with Crippen molar-refractivity contribution in [3.63, 3.8) is 0 Å². The summed E-state index contributed by atoms with van der Waals surface area (Å²) in [6.45, 7) is 4.80. The Kier molecular flexibility index (Phi) is 5.26. The van der Waals surface area contributed by atoms with E-state index in [0.717, 1.165) is 17.2 Å². The molecule has 4 heteroatoms. The Labute approximate surface area is 284 Å². The first kappa shape index (κ1) is 27.0. The van der Waals surface area contributed by atoms with Crippen molar-refractivity contribution in [2.75, 3.05) is 0 Å². The van der Waals surface area contributed by atoms with Crippen LogP contribution in [0.3, 0.4) is 0 Å². The Hall–Kier alpha value is -6.00. The van der Waals surface area contributed by atoms with E-state index in [9.17, 15) is 0 Å². The molecule has 2 aliphatic heterocycles. The van der Waals surface area contributed by atoms with Crippen LogP contribution in [0.25, 0.3) is 55.0 Å². The Morgan fingerprint density at radius 1 is 0.490 bits per heavy atom. The van der Waals surface area contributed by atoms with Gasteiger partial charge in [-0.2, -0.15) is 0 Å². The molecule has 7 aromatic carbocycles. The zero-order valence-corrected chi connectivity index (χ0v) is 27.3. The molecule has 0 aliphatic carbocycles. The number of hydrogen-bond donors (Lipinski definition) is 0. The van der Waals surface area contributed by atoms with Gasteiger partial charge in [0, 0.05) is 32.6 Å². The average Bonchev–Trinajstić information content (AvgIpc) is 3.66. The van der Waals surface area contributed by atoms with Gasteiger partial charge in [-0.05, 0) is 76.6 Å². The third-order valence-electron chi connectivity index (χ3n) is 11.2. The van der Waals surface area contributed by atoms with Crippen molar-refractivity contribution in [2.45, 2.75) is 19.3 Å². The first-order valence-corrected chi connectivity index (χ1v) is 17.2. The van der Waals surface area contributed by atoms with Gasteiger partial charge in [-0.3, -0.25) is 0 Å². The maximum atomic E-state index is 6.91. The largest absolute Gasteiger partial charge is 0.458 e. The third-order valence-corrected chi connectivity index (χ3v) is 11.2. The van der Waals surface area contributed by atoms with Gasteiger partial charge >= 0.3 is 0 Å². The number of para-hydroxylation sites is 4. The topological polar surface area (TPSA) is 19.1 Å². The van der Waals surface area contributed by atoms with Crippen molar-refractivity contribution >= 4 is 66.7 Å². The van der Waals surface area contributed by atoms with Crippen molar-refractivity contribution in [3.8, 4) is 22.9 Å². The number of ether oxygens (including phenoxy) is 1. The van der Waals surface area contributed by atoms with Gasteiger partial charge in [0.25, 0.3) is 6.71 Å². The maximum Gasteiger partial charge on any atom is 0.251 e. The minimum absolute atomic E-state index is 0.0269. The molecule has 0 spiro atoms. The quantitative estimate of drug-likeness (QED) is 0.175. The standard InChI is InChI=1S/C45H31BN2O/c1-45(2)33-17-7-8-18-34(33)46-35-27-28(47-36-19-9-3-13-29(36)30-14-4-10-20-37(30)47)23-25-41(35)49-42-26-24-40(43(45)44(42)46)48-38-21-11-5-15-31(38)32-16-6-12-22-39(32)48/h3-27H,1-2H3. The predicted octanol–water partition coefficient (Wildman–Crippen LogP) is 9.14. The lowest BCUT2D eigenvalue weighted by Gasteiger charge is -2.43. The molecule has 2 aliphatic rings. The summed E-state index contributed by atoms with van der Waals surface area (Å²) in [5, 5.41) is 5.07. The van der Waals surface area contributed by atoms with Gasteiger partial charge in [0.05, 0.1) is 27.8 Å². The van der Waals surface area contributed by atoms with Gasteiger partial charge in [-0.1, -0.05) is 116 Å². The van der Waals surface area contributed by atoms with E-state index in [2.05, 4.69) is 175 Å². The molecular formula is C45H31BN2O. The molecule has 0 saturated heterocycles. The summed E-state index contributed by atoms with van der Waals surface area (Å²) >= 11 is 0. The van der Waals surface area contributed by atoms with Crippen LogP contribution in [0, 0.1) is 0 Å². The smallest absolute Gasteiger partial charge is 0.251 e. The second-order valence-electron chi connectivity index (χ2n) is 14.1. The molecule has 4 heterocycles. The van der Waals surface area contributed by atoms with E-state index < -0.39 is 0 Å². The summed E-state index contributed by atoms with van der Waals surface area (Å²) in [7, 11) is 0. The number of hydrogen-bond acceptors (Lipinski definition) is 1. The number of benzene rings is 7. The zero-order chi connectivity index (χ0) is 32.4. The first-order chi connectivity index (χ1) is 24.1. The molecule has 0 radical (unpaired) electrons. The average molecular weight is 627 g/mol. The first-order valence-electron chi connectivity index (χ1n) is 17.2. The van der Waals surface area contributed by atoms with Crippen LogP contribution in [0.15, 0.2) is 152 Å². The van der Waals surface area contributed by atoms with Gasteiger partial charge in [0.1, 0.15) is 11.5 Å². The van der Waals surface area contributed by atoms with Gasteiger partial charge < -0.3 is 13.9 Å². The fraction of sp³-hybridized carbons (Fsp3) is 0.0667. The lowest BCUT2D eigenvalue weighted by molar-refractivity contribution is 0.484. The molecule has 0 bridgehead atoms. The van der Waals surface area contributed by atoms with E-state index in [-0.39, 0.29) is 12.1 Å². The predicted molar refractivity (Wildman–Crippen MR) is 205 cm³/mol. The van der Waals surface area contributed by atoms with Crippen molar-refractivity contribution in [3.05, 3.63) is 163 Å². The number of rotatable bonds is 2. The minimum atomic E-state index is -0.272. The minimum Gasteiger partial charge on any atom is -0.458 e. The Bertz CT molecular complexity index is 2750. The fourth-order valence-electron chi connectivity index (χ4n) is 9.23. The highest BCUT2D eigenvalue weighted by atomic mass is 16.5. The fourth-order valence-corrected chi connectivity index (χ4v) is 9.23. The lowest BCUT2D eigenvalue weighted by atomic mass is 9.30. The molecule has 230 valence electrons. The van der Waals surface area contributed by atoms with Crippen LogP contribution in [0.1, 0.15) is 25.0 Å². The van der Waals surface area contributed by atoms with E-state index in [1.54, 1.807) is 0 Å². The molecule has 0 unspecified atom stereocenters. The molecule has 11 rings (SSSR count). The molecule has 49 heavy (non-hydrogen) atoms. The van der Waals surface area contributed by atoms with Crippen molar-refractivity contribution in [2.24, 2.45) is 0 Å². The van der Waals surface area contributed by atoms with Gasteiger partial charge in [-0.15, -0.1) is 0 Å². The lowest BCUT2D eigenvalue weighted by Crippen LogP contribution is -2.62. The van der Waals surface area contributed by atoms with Gasteiger partial charge in [-0.25, -0.2) is 0 Å². The van der Waals surface area contributed by atoms with E-state index in [1.807, 2.05) is 0 Å². The Morgan fingerprint density at radius 2 is 1.00 bits per heavy atom. The normalized spacial score (nSPS) is 14.2. The molecule has 0 saturated carbocycles. The number of nitrogens with zero attached hydrogens (tertiary/aromatic N) is 2. The van der Waals surface area contributed by atoms with Crippen LogP contribution in [-0.4, -0.2) is 15.8 Å². The van der Waals surface area contributed by atoms with Crippen LogP contribution in [0.4, 0.5) is 0 Å². The third kappa shape index (κ3) is 3.48. The Morgan fingerprint density at radius 3 is 1.61 bits per heavy atom. The summed E-state index contributed by atoms with van der Waals surface area (Å²) in [5.41, 5.74) is 13.5. The van der Waals surface area contributed by atoms with E-state index >= 15 is 0 Å². The summed E-state index contributed by atoms with van der Waals surface area (Å²) in [6.07, 6.45) is 0. The molecule has 0 fully saturated rings. The highest BCUT2D eigenvalue weighted by Gasteiger charge is 2.46. The zero-order valence-electron chi connectivity index (χ0n) is 27.3. The SMILES string of the molecule is CC1(C)c2ccccc2B2c3cc(-n4c5ccccc5c5ccccc54)ccc3Oc3ccc(-n4c5ccccc5c5ccccc54)c1c32. The second-order valence-corrected chi connectivity index (χ2v) is 14.1. The highest BCUT2D eigenvalue weighted by Crippen LogP contribution is 2.44. The summed E-state index contributed by atoms with van der Waals surface area (Å²) in [5.74, 6) is 1.87. The highest BCUT2D eigenvalue weighted by molar-refractivity contribution is 6.98. The second kappa shape index (κ2) is 9.55. The number of aromatic nitrogens is 2. The molecule has 0 atom stereocenters. The molecule has 0 amide bonds. The molecule has 3 nitrogen and oxygen atoms in total. The van der Waals surface area contributed by atoms with E-state index in [4.69, 9.17) is 4.74 Å². The van der Waals surface area contributed by atoms with Crippen molar-refractivity contribution < 1.29 is 4.74 Å².